The number of aliphatic carboxylic acids is 1. The number of aromatic nitrogens is 1. The number of likely N-dealkylation sites (N-methyl/N-ethyl adjacent to an activating group) is 1. The monoisotopic (exact) mass is 377 g/mol. The molecule has 8 heteroatoms. The number of nitrogens with one attached hydrogen (secondary N) is 1. The van der Waals surface area contributed by atoms with E-state index in [0.29, 0.717) is 17.9 Å². The number of rotatable bonds is 7. The van der Waals surface area contributed by atoms with Gasteiger partial charge in [-0.15, -0.1) is 0 Å². The lowest BCUT2D eigenvalue weighted by molar-refractivity contribution is -0.131. The van der Waals surface area contributed by atoms with E-state index in [1.165, 1.54) is 29.3 Å². The van der Waals surface area contributed by atoms with Crippen molar-refractivity contribution >= 4 is 35.4 Å². The van der Waals surface area contributed by atoms with Crippen LogP contribution in [0, 0.1) is 5.82 Å². The van der Waals surface area contributed by atoms with Crippen molar-refractivity contribution in [2.24, 2.45) is 0 Å². The van der Waals surface area contributed by atoms with Crippen LogP contribution >= 0.6 is 11.6 Å². The number of carboxylic acid groups (broad SMARTS) is 1. The lowest BCUT2D eigenvalue weighted by atomic mass is 10.2. The number of hydrogen-bond donors (Lipinski definition) is 2. The largest absolute Gasteiger partial charge is 0.478 e. The molecule has 0 unspecified atom stereocenters. The third-order valence-corrected chi connectivity index (χ3v) is 3.73. The van der Waals surface area contributed by atoms with Crippen LogP contribution in [0.4, 0.5) is 10.2 Å². The molecular formula is C18H17ClFN3O3. The van der Waals surface area contributed by atoms with Crippen molar-refractivity contribution in [1.29, 1.82) is 0 Å². The third kappa shape index (κ3) is 5.86. The summed E-state index contributed by atoms with van der Waals surface area (Å²) in [7, 11) is 1.64. The van der Waals surface area contributed by atoms with E-state index < -0.39 is 5.97 Å². The van der Waals surface area contributed by atoms with Gasteiger partial charge in [0.15, 0.2) is 0 Å². The number of carboxylic acids is 1. The quantitative estimate of drug-likeness (QED) is 0.725. The van der Waals surface area contributed by atoms with Crippen LogP contribution in [0.1, 0.15) is 11.1 Å². The van der Waals surface area contributed by atoms with E-state index in [0.717, 1.165) is 11.6 Å². The second kappa shape index (κ2) is 8.96. The second-order valence-electron chi connectivity index (χ2n) is 5.50. The van der Waals surface area contributed by atoms with E-state index in [1.807, 2.05) is 0 Å². The summed E-state index contributed by atoms with van der Waals surface area (Å²) in [4.78, 5) is 28.3. The molecule has 0 fully saturated rings. The number of carbonyl (C=O) groups is 2. The number of amides is 1. The summed E-state index contributed by atoms with van der Waals surface area (Å²) >= 11 is 6.09. The minimum Gasteiger partial charge on any atom is -0.478 e. The molecule has 0 atom stereocenters. The molecule has 0 bridgehead atoms. The first-order valence-electron chi connectivity index (χ1n) is 7.64. The van der Waals surface area contributed by atoms with Crippen molar-refractivity contribution in [2.75, 3.05) is 18.9 Å². The molecule has 1 aromatic carbocycles. The van der Waals surface area contributed by atoms with Crippen LogP contribution in [0.3, 0.4) is 0 Å². The van der Waals surface area contributed by atoms with Crippen LogP contribution < -0.4 is 5.32 Å². The molecule has 0 radical (unpaired) electrons. The zero-order valence-electron chi connectivity index (χ0n) is 13.9. The molecule has 0 spiro atoms. The smallest absolute Gasteiger partial charge is 0.328 e. The maximum Gasteiger partial charge on any atom is 0.328 e. The lowest BCUT2D eigenvalue weighted by Gasteiger charge is -2.18. The van der Waals surface area contributed by atoms with Crippen molar-refractivity contribution in [2.45, 2.75) is 6.54 Å². The van der Waals surface area contributed by atoms with Crippen LogP contribution in [0.5, 0.6) is 0 Å². The number of benzene rings is 1. The minimum absolute atomic E-state index is 0.0191. The summed E-state index contributed by atoms with van der Waals surface area (Å²) < 4.78 is 12.9. The highest BCUT2D eigenvalue weighted by Gasteiger charge is 2.11. The Morgan fingerprint density at radius 2 is 2.04 bits per heavy atom. The summed E-state index contributed by atoms with van der Waals surface area (Å²) in [5, 5.41) is 11.7. The lowest BCUT2D eigenvalue weighted by Crippen LogP contribution is -2.32. The molecule has 0 aliphatic heterocycles. The number of hydrogen-bond acceptors (Lipinski definition) is 4. The van der Waals surface area contributed by atoms with E-state index >= 15 is 0 Å². The molecule has 1 aromatic heterocycles. The summed E-state index contributed by atoms with van der Waals surface area (Å²) in [5.41, 5.74) is 1.34. The van der Waals surface area contributed by atoms with Crippen molar-refractivity contribution in [1.82, 2.24) is 9.88 Å². The zero-order valence-corrected chi connectivity index (χ0v) is 14.7. The van der Waals surface area contributed by atoms with E-state index in [-0.39, 0.29) is 23.3 Å². The molecule has 6 nitrogen and oxygen atoms in total. The highest BCUT2D eigenvalue weighted by Crippen LogP contribution is 2.20. The Hall–Kier alpha value is -2.93. The van der Waals surface area contributed by atoms with E-state index in [9.17, 15) is 14.0 Å². The first-order valence-corrected chi connectivity index (χ1v) is 8.02. The van der Waals surface area contributed by atoms with Crippen LogP contribution in [-0.2, 0) is 16.1 Å². The molecule has 0 saturated heterocycles. The minimum atomic E-state index is -1.07. The normalized spacial score (nSPS) is 10.7. The average Bonchev–Trinajstić information content (AvgIpc) is 2.60. The first kappa shape index (κ1) is 19.4. The number of carbonyl (C=O) groups excluding carboxylic acids is 1. The standard InChI is InChI=1S/C18H17ClFN3O3/c1-23(11-12-2-5-14(20)6-3-12)16(24)10-22-18-15(19)8-13(9-21-18)4-7-17(25)26/h2-9H,10-11H2,1H3,(H,21,22)(H,25,26)/b7-4+. The SMILES string of the molecule is CN(Cc1ccc(F)cc1)C(=O)CNc1ncc(/C=C/C(=O)O)cc1Cl. The van der Waals surface area contributed by atoms with Gasteiger partial charge < -0.3 is 15.3 Å². The van der Waals surface area contributed by atoms with Gasteiger partial charge in [0.1, 0.15) is 11.6 Å². The maximum atomic E-state index is 12.9. The number of anilines is 1. The molecule has 2 rings (SSSR count). The Balaban J connectivity index is 1.91. The molecule has 136 valence electrons. The van der Waals surface area contributed by atoms with Crippen LogP contribution in [0.2, 0.25) is 5.02 Å². The van der Waals surface area contributed by atoms with E-state index in [1.54, 1.807) is 25.2 Å². The highest BCUT2D eigenvalue weighted by atomic mass is 35.5. The van der Waals surface area contributed by atoms with Gasteiger partial charge in [0.25, 0.3) is 0 Å². The Morgan fingerprint density at radius 1 is 1.35 bits per heavy atom. The molecule has 0 saturated carbocycles. The molecule has 0 aliphatic carbocycles. The van der Waals surface area contributed by atoms with Gasteiger partial charge in [-0.2, -0.15) is 0 Å². The van der Waals surface area contributed by atoms with Crippen LogP contribution in [0.15, 0.2) is 42.6 Å². The van der Waals surface area contributed by atoms with Crippen LogP contribution in [0.25, 0.3) is 6.08 Å². The predicted octanol–water partition coefficient (Wildman–Crippen LogP) is 3.04. The molecule has 2 N–H and O–H groups in total. The Bertz CT molecular complexity index is 825. The Labute approximate surface area is 154 Å². The summed E-state index contributed by atoms with van der Waals surface area (Å²) in [6.45, 7) is 0.329. The van der Waals surface area contributed by atoms with Gasteiger partial charge in [0.05, 0.1) is 11.6 Å². The highest BCUT2D eigenvalue weighted by molar-refractivity contribution is 6.33. The van der Waals surface area contributed by atoms with Crippen molar-refractivity contribution in [3.63, 3.8) is 0 Å². The van der Waals surface area contributed by atoms with Crippen molar-refractivity contribution in [3.05, 3.63) is 64.6 Å². The third-order valence-electron chi connectivity index (χ3n) is 3.45. The fourth-order valence-electron chi connectivity index (χ4n) is 2.09. The first-order chi connectivity index (χ1) is 12.3. The molecular weight excluding hydrogens is 361 g/mol. The Kier molecular flexibility index (Phi) is 6.68. The topological polar surface area (TPSA) is 82.5 Å². The Morgan fingerprint density at radius 3 is 2.65 bits per heavy atom. The second-order valence-corrected chi connectivity index (χ2v) is 5.91. The van der Waals surface area contributed by atoms with Gasteiger partial charge in [-0.1, -0.05) is 23.7 Å². The summed E-state index contributed by atoms with van der Waals surface area (Å²) in [5.74, 6) is -1.27. The van der Waals surface area contributed by atoms with Gasteiger partial charge >= 0.3 is 5.97 Å². The number of halogens is 2. The van der Waals surface area contributed by atoms with Gasteiger partial charge in [-0.05, 0) is 35.4 Å². The van der Waals surface area contributed by atoms with Gasteiger partial charge in [-0.3, -0.25) is 4.79 Å². The van der Waals surface area contributed by atoms with Crippen molar-refractivity contribution in [3.8, 4) is 0 Å². The molecule has 1 heterocycles. The van der Waals surface area contributed by atoms with E-state index in [4.69, 9.17) is 16.7 Å². The maximum absolute atomic E-state index is 12.9. The summed E-state index contributed by atoms with van der Waals surface area (Å²) in [6.07, 6.45) is 3.79. The molecule has 1 amide bonds. The van der Waals surface area contributed by atoms with Crippen LogP contribution in [-0.4, -0.2) is 40.5 Å². The van der Waals surface area contributed by atoms with Gasteiger partial charge in [0.2, 0.25) is 5.91 Å². The van der Waals surface area contributed by atoms with E-state index in [2.05, 4.69) is 10.3 Å². The predicted molar refractivity (Wildman–Crippen MR) is 97.3 cm³/mol. The number of nitrogens with zero attached hydrogens (tertiary/aromatic N) is 2. The fraction of sp³-hybridized carbons (Fsp3) is 0.167. The van der Waals surface area contributed by atoms with Gasteiger partial charge in [-0.25, -0.2) is 14.2 Å². The molecule has 0 aliphatic rings. The molecule has 2 aromatic rings. The molecule has 26 heavy (non-hydrogen) atoms. The summed E-state index contributed by atoms with van der Waals surface area (Å²) in [6, 6.07) is 7.47. The van der Waals surface area contributed by atoms with Gasteiger partial charge in [0, 0.05) is 25.9 Å². The fourth-order valence-corrected chi connectivity index (χ4v) is 2.33. The average molecular weight is 378 g/mol. The zero-order chi connectivity index (χ0) is 19.1. The van der Waals surface area contributed by atoms with Crippen molar-refractivity contribution < 1.29 is 19.1 Å². The number of pyridine rings is 1.